The first-order valence-corrected chi connectivity index (χ1v) is 7.50. The van der Waals surface area contributed by atoms with Crippen LogP contribution in [0.1, 0.15) is 44.7 Å². The van der Waals surface area contributed by atoms with Crippen molar-refractivity contribution in [3.05, 3.63) is 24.2 Å². The van der Waals surface area contributed by atoms with Crippen LogP contribution in [-0.2, 0) is 4.79 Å². The van der Waals surface area contributed by atoms with Crippen LogP contribution in [0, 0.1) is 17.8 Å². The highest BCUT2D eigenvalue weighted by molar-refractivity contribution is 5.91. The molecule has 0 aliphatic carbocycles. The lowest BCUT2D eigenvalue weighted by molar-refractivity contribution is -0.121. The number of nitrogens with one attached hydrogen (secondary N) is 2. The molecule has 0 radical (unpaired) electrons. The summed E-state index contributed by atoms with van der Waals surface area (Å²) in [5.74, 6) is 1.45. The Morgan fingerprint density at radius 3 is 2.33 bits per heavy atom. The van der Waals surface area contributed by atoms with Crippen molar-refractivity contribution >= 4 is 11.8 Å². The minimum Gasteiger partial charge on any atom is -0.459 e. The summed E-state index contributed by atoms with van der Waals surface area (Å²) in [6.07, 6.45) is 1.72. The highest BCUT2D eigenvalue weighted by atomic mass is 16.3. The van der Waals surface area contributed by atoms with Gasteiger partial charge in [-0.3, -0.25) is 9.59 Å². The zero-order valence-electron chi connectivity index (χ0n) is 13.3. The third-order valence-electron chi connectivity index (χ3n) is 3.63. The predicted molar refractivity (Wildman–Crippen MR) is 81.8 cm³/mol. The molecule has 1 rings (SSSR count). The van der Waals surface area contributed by atoms with Gasteiger partial charge >= 0.3 is 0 Å². The van der Waals surface area contributed by atoms with E-state index >= 15 is 0 Å². The van der Waals surface area contributed by atoms with Gasteiger partial charge in [0.25, 0.3) is 5.91 Å². The Morgan fingerprint density at radius 2 is 1.81 bits per heavy atom. The van der Waals surface area contributed by atoms with Crippen LogP contribution in [0.2, 0.25) is 0 Å². The maximum absolute atomic E-state index is 11.8. The van der Waals surface area contributed by atoms with Crippen LogP contribution in [0.15, 0.2) is 22.8 Å². The number of carbonyl (C=O) groups excluding carboxylic acids is 2. The lowest BCUT2D eigenvalue weighted by atomic mass is 9.85. The molecule has 118 valence electrons. The molecule has 2 amide bonds. The van der Waals surface area contributed by atoms with E-state index in [2.05, 4.69) is 38.3 Å². The lowest BCUT2D eigenvalue weighted by Gasteiger charge is -2.25. The van der Waals surface area contributed by atoms with Crippen molar-refractivity contribution in [1.29, 1.82) is 0 Å². The van der Waals surface area contributed by atoms with E-state index in [0.717, 1.165) is 0 Å². The number of carbonyl (C=O) groups is 2. The number of amides is 2. The Balaban J connectivity index is 2.23. The second-order valence-electron chi connectivity index (χ2n) is 5.94. The van der Waals surface area contributed by atoms with E-state index in [0.29, 0.717) is 30.8 Å². The van der Waals surface area contributed by atoms with Gasteiger partial charge in [0.1, 0.15) is 0 Å². The Morgan fingerprint density at radius 1 is 1.14 bits per heavy atom. The summed E-state index contributed by atoms with van der Waals surface area (Å²) < 4.78 is 4.97. The van der Waals surface area contributed by atoms with Crippen molar-refractivity contribution in [2.45, 2.75) is 34.1 Å². The second kappa shape index (κ2) is 8.49. The topological polar surface area (TPSA) is 71.3 Å². The fourth-order valence-corrected chi connectivity index (χ4v) is 2.35. The van der Waals surface area contributed by atoms with Gasteiger partial charge in [0.05, 0.1) is 6.26 Å². The lowest BCUT2D eigenvalue weighted by Crippen LogP contribution is -2.36. The smallest absolute Gasteiger partial charge is 0.286 e. The maximum atomic E-state index is 11.8. The van der Waals surface area contributed by atoms with Crippen molar-refractivity contribution in [3.8, 4) is 0 Å². The fourth-order valence-electron chi connectivity index (χ4n) is 2.35. The second-order valence-corrected chi connectivity index (χ2v) is 5.94. The minimum absolute atomic E-state index is 0.0407. The predicted octanol–water partition coefficient (Wildman–Crippen LogP) is 2.44. The van der Waals surface area contributed by atoms with Crippen molar-refractivity contribution in [1.82, 2.24) is 10.6 Å². The highest BCUT2D eigenvalue weighted by Crippen LogP contribution is 2.19. The van der Waals surface area contributed by atoms with Crippen LogP contribution >= 0.6 is 0 Å². The average Bonchev–Trinajstić information content (AvgIpc) is 2.91. The van der Waals surface area contributed by atoms with Crippen LogP contribution in [0.5, 0.6) is 0 Å². The van der Waals surface area contributed by atoms with Gasteiger partial charge in [0.15, 0.2) is 5.76 Å². The molecule has 1 heterocycles. The summed E-state index contributed by atoms with van der Waals surface area (Å²) in [6, 6.07) is 3.24. The van der Waals surface area contributed by atoms with Gasteiger partial charge in [-0.25, -0.2) is 0 Å². The van der Waals surface area contributed by atoms with Crippen LogP contribution in [0.3, 0.4) is 0 Å². The van der Waals surface area contributed by atoms with Crippen molar-refractivity contribution < 1.29 is 14.0 Å². The Labute approximate surface area is 126 Å². The van der Waals surface area contributed by atoms with Crippen molar-refractivity contribution in [3.63, 3.8) is 0 Å². The molecule has 2 N–H and O–H groups in total. The summed E-state index contributed by atoms with van der Waals surface area (Å²) in [5, 5.41) is 5.60. The molecular weight excluding hydrogens is 268 g/mol. The molecule has 0 aliphatic heterocycles. The molecule has 0 bridgehead atoms. The molecule has 0 unspecified atom stereocenters. The highest BCUT2D eigenvalue weighted by Gasteiger charge is 2.18. The Hall–Kier alpha value is -1.78. The van der Waals surface area contributed by atoms with Gasteiger partial charge in [-0.2, -0.15) is 0 Å². The van der Waals surface area contributed by atoms with E-state index in [1.54, 1.807) is 12.1 Å². The molecule has 0 saturated carbocycles. The van der Waals surface area contributed by atoms with E-state index in [-0.39, 0.29) is 24.0 Å². The molecule has 0 fully saturated rings. The molecule has 21 heavy (non-hydrogen) atoms. The molecule has 1 aromatic rings. The summed E-state index contributed by atoms with van der Waals surface area (Å²) >= 11 is 0. The van der Waals surface area contributed by atoms with Crippen LogP contribution < -0.4 is 10.6 Å². The van der Waals surface area contributed by atoms with Crippen LogP contribution in [0.25, 0.3) is 0 Å². The first-order valence-electron chi connectivity index (χ1n) is 7.50. The summed E-state index contributed by atoms with van der Waals surface area (Å²) in [5.41, 5.74) is 0. The molecular formula is C16H26N2O3. The van der Waals surface area contributed by atoms with Gasteiger partial charge in [-0.05, 0) is 29.9 Å². The van der Waals surface area contributed by atoms with Crippen molar-refractivity contribution in [2.75, 3.05) is 13.1 Å². The number of hydrogen-bond donors (Lipinski definition) is 2. The third kappa shape index (κ3) is 6.02. The normalized spacial score (nSPS) is 11.2. The first kappa shape index (κ1) is 17.3. The molecule has 0 saturated heterocycles. The quantitative estimate of drug-likeness (QED) is 0.773. The Kier molecular flexibility index (Phi) is 6.99. The molecule has 0 atom stereocenters. The summed E-state index contributed by atoms with van der Waals surface area (Å²) in [7, 11) is 0. The van der Waals surface area contributed by atoms with Gasteiger partial charge < -0.3 is 15.1 Å². The summed E-state index contributed by atoms with van der Waals surface area (Å²) in [4.78, 5) is 23.4. The average molecular weight is 294 g/mol. The fraction of sp³-hybridized carbons (Fsp3) is 0.625. The monoisotopic (exact) mass is 294 g/mol. The third-order valence-corrected chi connectivity index (χ3v) is 3.63. The zero-order valence-corrected chi connectivity index (χ0v) is 13.3. The van der Waals surface area contributed by atoms with Gasteiger partial charge in [-0.1, -0.05) is 27.7 Å². The van der Waals surface area contributed by atoms with Gasteiger partial charge in [0.2, 0.25) is 5.91 Å². The van der Waals surface area contributed by atoms with E-state index in [1.807, 2.05) is 0 Å². The first-order chi connectivity index (χ1) is 9.91. The maximum Gasteiger partial charge on any atom is 0.286 e. The SMILES string of the molecule is CC(C)C(CNC(=O)CCNC(=O)c1ccco1)C(C)C. The largest absolute Gasteiger partial charge is 0.459 e. The minimum atomic E-state index is -0.296. The van der Waals surface area contributed by atoms with E-state index < -0.39 is 0 Å². The standard InChI is InChI=1S/C16H26N2O3/c1-11(2)13(12(3)4)10-18-15(19)7-8-17-16(20)14-6-5-9-21-14/h5-6,9,11-13H,7-8,10H2,1-4H3,(H,17,20)(H,18,19). The van der Waals surface area contributed by atoms with Gasteiger partial charge in [0, 0.05) is 19.5 Å². The molecule has 5 nitrogen and oxygen atoms in total. The zero-order chi connectivity index (χ0) is 15.8. The number of furan rings is 1. The summed E-state index contributed by atoms with van der Waals surface area (Å²) in [6.45, 7) is 9.65. The van der Waals surface area contributed by atoms with Crippen LogP contribution in [-0.4, -0.2) is 24.9 Å². The van der Waals surface area contributed by atoms with E-state index in [1.165, 1.54) is 6.26 Å². The van der Waals surface area contributed by atoms with E-state index in [9.17, 15) is 9.59 Å². The number of hydrogen-bond acceptors (Lipinski definition) is 3. The molecule has 1 aromatic heterocycles. The van der Waals surface area contributed by atoms with E-state index in [4.69, 9.17) is 4.42 Å². The van der Waals surface area contributed by atoms with Crippen LogP contribution in [0.4, 0.5) is 0 Å². The molecule has 0 aliphatic rings. The molecule has 0 aromatic carbocycles. The number of rotatable bonds is 8. The van der Waals surface area contributed by atoms with Crippen molar-refractivity contribution in [2.24, 2.45) is 17.8 Å². The molecule has 0 spiro atoms. The van der Waals surface area contributed by atoms with Gasteiger partial charge in [-0.15, -0.1) is 0 Å². The molecule has 5 heteroatoms. The Bertz CT molecular complexity index is 430.